The van der Waals surface area contributed by atoms with E-state index in [1.165, 1.54) is 22.0 Å². The zero-order chi connectivity index (χ0) is 16.2. The fraction of sp³-hybridized carbons (Fsp3) is 0.211. The van der Waals surface area contributed by atoms with Crippen LogP contribution in [0.3, 0.4) is 0 Å². The number of hydrogen-bond donors (Lipinski definition) is 0. The van der Waals surface area contributed by atoms with Gasteiger partial charge in [0, 0.05) is 30.7 Å². The van der Waals surface area contributed by atoms with Crippen molar-refractivity contribution in [3.63, 3.8) is 0 Å². The van der Waals surface area contributed by atoms with Crippen molar-refractivity contribution in [2.45, 2.75) is 13.5 Å². The van der Waals surface area contributed by atoms with Crippen LogP contribution < -0.4 is 9.30 Å². The Bertz CT molecular complexity index is 750. The molecule has 1 aromatic carbocycles. The maximum absolute atomic E-state index is 5.23. The molecule has 3 rings (SSSR count). The number of ether oxygens (including phenoxy) is 1. The SMILES string of the molecule is CC[n+]1ccccc1/C=C1\SC=C(c2ccc(OC)cc2)N1C. The Hall–Kier alpha value is -2.20. The van der Waals surface area contributed by atoms with Gasteiger partial charge in [0.05, 0.1) is 17.8 Å². The number of methoxy groups -OCH3 is 1. The van der Waals surface area contributed by atoms with Gasteiger partial charge in [-0.2, -0.15) is 4.57 Å². The van der Waals surface area contributed by atoms with Gasteiger partial charge in [-0.15, -0.1) is 0 Å². The second-order valence-electron chi connectivity index (χ2n) is 5.30. The van der Waals surface area contributed by atoms with Crippen LogP contribution >= 0.6 is 11.8 Å². The van der Waals surface area contributed by atoms with Crippen molar-refractivity contribution in [2.24, 2.45) is 0 Å². The predicted octanol–water partition coefficient (Wildman–Crippen LogP) is 3.98. The van der Waals surface area contributed by atoms with E-state index in [-0.39, 0.29) is 0 Å². The zero-order valence-electron chi connectivity index (χ0n) is 13.7. The average molecular weight is 325 g/mol. The summed E-state index contributed by atoms with van der Waals surface area (Å²) in [5, 5.41) is 3.43. The molecule has 0 spiro atoms. The molecule has 1 aliphatic heterocycles. The van der Waals surface area contributed by atoms with Gasteiger partial charge in [-0.25, -0.2) is 0 Å². The molecule has 2 heterocycles. The molecule has 3 nitrogen and oxygen atoms in total. The maximum atomic E-state index is 5.23. The van der Waals surface area contributed by atoms with Gasteiger partial charge in [-0.3, -0.25) is 0 Å². The van der Waals surface area contributed by atoms with Crippen LogP contribution in [0, 0.1) is 0 Å². The second kappa shape index (κ2) is 6.92. The van der Waals surface area contributed by atoms with E-state index in [9.17, 15) is 0 Å². The Morgan fingerprint density at radius 3 is 2.65 bits per heavy atom. The van der Waals surface area contributed by atoms with Crippen LogP contribution in [0.2, 0.25) is 0 Å². The first-order valence-corrected chi connectivity index (χ1v) is 8.56. The van der Waals surface area contributed by atoms with Gasteiger partial charge in [-0.1, -0.05) is 11.8 Å². The second-order valence-corrected chi connectivity index (χ2v) is 6.19. The van der Waals surface area contributed by atoms with Crippen LogP contribution in [0.5, 0.6) is 5.75 Å². The number of aromatic nitrogens is 1. The molecule has 118 valence electrons. The van der Waals surface area contributed by atoms with Crippen molar-refractivity contribution < 1.29 is 9.30 Å². The number of hydrogen-bond acceptors (Lipinski definition) is 3. The van der Waals surface area contributed by atoms with Crippen molar-refractivity contribution in [3.8, 4) is 5.75 Å². The van der Waals surface area contributed by atoms with Crippen LogP contribution in [0.1, 0.15) is 18.2 Å². The highest BCUT2D eigenvalue weighted by atomic mass is 32.2. The van der Waals surface area contributed by atoms with Gasteiger partial charge < -0.3 is 9.64 Å². The van der Waals surface area contributed by atoms with Crippen LogP contribution in [-0.2, 0) is 6.54 Å². The molecule has 0 amide bonds. The average Bonchev–Trinajstić information content (AvgIpc) is 2.96. The quantitative estimate of drug-likeness (QED) is 0.791. The summed E-state index contributed by atoms with van der Waals surface area (Å²) in [5.41, 5.74) is 3.62. The van der Waals surface area contributed by atoms with Gasteiger partial charge in [0.15, 0.2) is 6.20 Å². The number of aryl methyl sites for hydroxylation is 1. The summed E-state index contributed by atoms with van der Waals surface area (Å²) in [5.74, 6) is 0.881. The fourth-order valence-electron chi connectivity index (χ4n) is 2.58. The fourth-order valence-corrected chi connectivity index (χ4v) is 3.55. The lowest BCUT2D eigenvalue weighted by Gasteiger charge is -2.17. The lowest BCUT2D eigenvalue weighted by molar-refractivity contribution is -0.695. The van der Waals surface area contributed by atoms with Crippen molar-refractivity contribution in [1.82, 2.24) is 4.90 Å². The van der Waals surface area contributed by atoms with Crippen LogP contribution in [0.15, 0.2) is 59.1 Å². The largest absolute Gasteiger partial charge is 0.497 e. The first kappa shape index (κ1) is 15.7. The van der Waals surface area contributed by atoms with E-state index < -0.39 is 0 Å². The monoisotopic (exact) mass is 325 g/mol. The Morgan fingerprint density at radius 2 is 1.96 bits per heavy atom. The number of thioether (sulfide) groups is 1. The molecule has 0 atom stereocenters. The summed E-state index contributed by atoms with van der Waals surface area (Å²) in [4.78, 5) is 2.24. The minimum absolute atomic E-state index is 0.881. The third kappa shape index (κ3) is 3.27. The summed E-state index contributed by atoms with van der Waals surface area (Å²) in [6.45, 7) is 3.13. The number of rotatable bonds is 4. The number of nitrogens with zero attached hydrogens (tertiary/aromatic N) is 2. The van der Waals surface area contributed by atoms with E-state index in [2.05, 4.69) is 71.5 Å². The molecule has 0 unspecified atom stereocenters. The Labute approximate surface area is 141 Å². The zero-order valence-corrected chi connectivity index (χ0v) is 14.5. The van der Waals surface area contributed by atoms with Gasteiger partial charge in [0.25, 0.3) is 0 Å². The van der Waals surface area contributed by atoms with Crippen molar-refractivity contribution in [2.75, 3.05) is 14.2 Å². The molecule has 0 bridgehead atoms. The van der Waals surface area contributed by atoms with E-state index in [1.54, 1.807) is 18.9 Å². The molecular formula is C19H21N2OS+. The summed E-state index contributed by atoms with van der Waals surface area (Å²) < 4.78 is 7.47. The predicted molar refractivity (Wildman–Crippen MR) is 96.6 cm³/mol. The lowest BCUT2D eigenvalue weighted by Crippen LogP contribution is -2.35. The summed E-state index contributed by atoms with van der Waals surface area (Å²) in [6.07, 6.45) is 4.35. The first-order chi connectivity index (χ1) is 11.2. The van der Waals surface area contributed by atoms with Crippen molar-refractivity contribution in [3.05, 3.63) is 70.4 Å². The standard InChI is InChI=1S/C19H21N2OS/c1-4-21-12-6-5-7-16(21)13-19-20(2)18(14-23-19)15-8-10-17(22-3)11-9-15/h5-14H,4H2,1-3H3/q+1. The molecule has 0 saturated heterocycles. The molecule has 0 fully saturated rings. The molecule has 0 saturated carbocycles. The van der Waals surface area contributed by atoms with Crippen LogP contribution in [-0.4, -0.2) is 19.1 Å². The van der Waals surface area contributed by atoms with E-state index >= 15 is 0 Å². The summed E-state index contributed by atoms with van der Waals surface area (Å²) >= 11 is 1.76. The van der Waals surface area contributed by atoms with E-state index in [0.717, 1.165) is 12.3 Å². The third-order valence-corrected chi connectivity index (χ3v) is 4.93. The molecule has 0 radical (unpaired) electrons. The molecule has 0 N–H and O–H groups in total. The summed E-state index contributed by atoms with van der Waals surface area (Å²) in [6, 6.07) is 14.5. The molecule has 23 heavy (non-hydrogen) atoms. The Balaban J connectivity index is 1.85. The minimum atomic E-state index is 0.881. The molecular weight excluding hydrogens is 304 g/mol. The molecule has 1 aromatic heterocycles. The topological polar surface area (TPSA) is 16.4 Å². The highest BCUT2D eigenvalue weighted by Crippen LogP contribution is 2.39. The van der Waals surface area contributed by atoms with Gasteiger partial charge in [0.1, 0.15) is 12.3 Å². The molecule has 0 aliphatic carbocycles. The van der Waals surface area contributed by atoms with Gasteiger partial charge in [0.2, 0.25) is 5.69 Å². The first-order valence-electron chi connectivity index (χ1n) is 7.68. The molecule has 1 aliphatic rings. The number of pyridine rings is 1. The van der Waals surface area contributed by atoms with Crippen molar-refractivity contribution >= 4 is 23.5 Å². The van der Waals surface area contributed by atoms with Gasteiger partial charge in [-0.05, 0) is 42.8 Å². The number of benzene rings is 1. The summed E-state index contributed by atoms with van der Waals surface area (Å²) in [7, 11) is 3.80. The molecule has 2 aromatic rings. The molecule has 4 heteroatoms. The van der Waals surface area contributed by atoms with Crippen molar-refractivity contribution in [1.29, 1.82) is 0 Å². The van der Waals surface area contributed by atoms with E-state index in [0.29, 0.717) is 0 Å². The van der Waals surface area contributed by atoms with E-state index in [1.807, 2.05) is 12.1 Å². The van der Waals surface area contributed by atoms with Gasteiger partial charge >= 0.3 is 0 Å². The smallest absolute Gasteiger partial charge is 0.207 e. The van der Waals surface area contributed by atoms with Crippen LogP contribution in [0.4, 0.5) is 0 Å². The van der Waals surface area contributed by atoms with Crippen LogP contribution in [0.25, 0.3) is 11.8 Å². The van der Waals surface area contributed by atoms with E-state index in [4.69, 9.17) is 4.74 Å². The lowest BCUT2D eigenvalue weighted by atomic mass is 10.1. The Kier molecular flexibility index (Phi) is 4.72. The highest BCUT2D eigenvalue weighted by molar-refractivity contribution is 8.06. The highest BCUT2D eigenvalue weighted by Gasteiger charge is 2.20. The maximum Gasteiger partial charge on any atom is 0.207 e. The normalized spacial score (nSPS) is 15.9. The minimum Gasteiger partial charge on any atom is -0.497 e. The third-order valence-electron chi connectivity index (χ3n) is 3.96. The Morgan fingerprint density at radius 1 is 1.17 bits per heavy atom.